The first-order valence-corrected chi connectivity index (χ1v) is 7.07. The first kappa shape index (κ1) is 16.5. The molecule has 0 aliphatic heterocycles. The lowest BCUT2D eigenvalue weighted by Gasteiger charge is -2.08. The summed E-state index contributed by atoms with van der Waals surface area (Å²) in [4.78, 5) is 22.8. The number of esters is 1. The summed E-state index contributed by atoms with van der Waals surface area (Å²) in [5.74, 6) is -0.217. The van der Waals surface area contributed by atoms with E-state index in [0.29, 0.717) is 0 Å². The first-order valence-electron chi connectivity index (χ1n) is 7.07. The summed E-state index contributed by atoms with van der Waals surface area (Å²) in [6.07, 6.45) is 1.63. The molecule has 0 aliphatic carbocycles. The second kappa shape index (κ2) is 7.44. The van der Waals surface area contributed by atoms with Gasteiger partial charge in [-0.3, -0.25) is 9.59 Å². The van der Waals surface area contributed by atoms with Crippen LogP contribution in [0.25, 0.3) is 0 Å². The van der Waals surface area contributed by atoms with E-state index in [9.17, 15) is 9.59 Å². The molecule has 7 heteroatoms. The fourth-order valence-electron chi connectivity index (χ4n) is 2.03. The first-order chi connectivity index (χ1) is 11.0. The number of hydrogen-bond acceptors (Lipinski definition) is 5. The Labute approximate surface area is 134 Å². The van der Waals surface area contributed by atoms with Crippen LogP contribution in [0.2, 0.25) is 0 Å². The standard InChI is InChI=1S/C16H19N3O4/c1-11-6-12(2)8-13(7-11)23-10-19-5-4-14(18-19)16(21)17-9-15(20)22-3/h4-8H,9-10H2,1-3H3,(H,17,21). The van der Waals surface area contributed by atoms with Crippen molar-refractivity contribution in [3.63, 3.8) is 0 Å². The van der Waals surface area contributed by atoms with Crippen molar-refractivity contribution in [3.8, 4) is 5.75 Å². The highest BCUT2D eigenvalue weighted by Crippen LogP contribution is 2.16. The summed E-state index contributed by atoms with van der Waals surface area (Å²) in [6.45, 7) is 3.99. The number of nitrogens with one attached hydrogen (secondary N) is 1. The highest BCUT2D eigenvalue weighted by atomic mass is 16.5. The van der Waals surface area contributed by atoms with Crippen molar-refractivity contribution in [2.24, 2.45) is 0 Å². The molecule has 0 unspecified atom stereocenters. The predicted molar refractivity (Wildman–Crippen MR) is 83.1 cm³/mol. The Balaban J connectivity index is 1.91. The molecular formula is C16H19N3O4. The van der Waals surface area contributed by atoms with E-state index in [1.165, 1.54) is 11.8 Å². The number of hydrogen-bond donors (Lipinski definition) is 1. The Bertz CT molecular complexity index is 689. The second-order valence-electron chi connectivity index (χ2n) is 5.10. The van der Waals surface area contributed by atoms with E-state index in [1.54, 1.807) is 12.3 Å². The van der Waals surface area contributed by atoms with Crippen LogP contribution in [0.15, 0.2) is 30.5 Å². The average molecular weight is 317 g/mol. The maximum absolute atomic E-state index is 11.8. The highest BCUT2D eigenvalue weighted by Gasteiger charge is 2.11. The van der Waals surface area contributed by atoms with Gasteiger partial charge in [-0.15, -0.1) is 0 Å². The Hall–Kier alpha value is -2.83. The monoisotopic (exact) mass is 317 g/mol. The number of aryl methyl sites for hydroxylation is 2. The molecule has 1 aromatic carbocycles. The molecule has 1 heterocycles. The average Bonchev–Trinajstić information content (AvgIpc) is 2.98. The Kier molecular flexibility index (Phi) is 5.35. The van der Waals surface area contributed by atoms with Crippen LogP contribution in [-0.2, 0) is 16.3 Å². The molecule has 0 fully saturated rings. The lowest BCUT2D eigenvalue weighted by Crippen LogP contribution is -2.30. The lowest BCUT2D eigenvalue weighted by molar-refractivity contribution is -0.139. The fourth-order valence-corrected chi connectivity index (χ4v) is 2.03. The van der Waals surface area contributed by atoms with Crippen molar-refractivity contribution in [3.05, 3.63) is 47.3 Å². The summed E-state index contributed by atoms with van der Waals surface area (Å²) in [6, 6.07) is 7.48. The molecule has 2 rings (SSSR count). The molecule has 7 nitrogen and oxygen atoms in total. The van der Waals surface area contributed by atoms with Gasteiger partial charge in [0.2, 0.25) is 0 Å². The molecule has 0 saturated carbocycles. The van der Waals surface area contributed by atoms with Gasteiger partial charge in [0.1, 0.15) is 18.0 Å². The van der Waals surface area contributed by atoms with Gasteiger partial charge in [-0.2, -0.15) is 5.10 Å². The van der Waals surface area contributed by atoms with E-state index in [-0.39, 0.29) is 19.0 Å². The molecule has 0 aliphatic rings. The van der Waals surface area contributed by atoms with Crippen LogP contribution in [0.1, 0.15) is 21.6 Å². The van der Waals surface area contributed by atoms with Crippen molar-refractivity contribution in [1.82, 2.24) is 15.1 Å². The number of carbonyl (C=O) groups excluding carboxylic acids is 2. The molecule has 0 bridgehead atoms. The third-order valence-electron chi connectivity index (χ3n) is 3.05. The van der Waals surface area contributed by atoms with Gasteiger partial charge < -0.3 is 14.8 Å². The number of ether oxygens (including phenoxy) is 2. The zero-order chi connectivity index (χ0) is 16.8. The summed E-state index contributed by atoms with van der Waals surface area (Å²) in [7, 11) is 1.26. The van der Waals surface area contributed by atoms with E-state index >= 15 is 0 Å². The lowest BCUT2D eigenvalue weighted by atomic mass is 10.1. The van der Waals surface area contributed by atoms with Crippen molar-refractivity contribution in [2.75, 3.05) is 13.7 Å². The van der Waals surface area contributed by atoms with E-state index in [1.807, 2.05) is 26.0 Å². The summed E-state index contributed by atoms with van der Waals surface area (Å²) in [5, 5.41) is 6.52. The molecule has 1 aromatic heterocycles. The van der Waals surface area contributed by atoms with E-state index in [4.69, 9.17) is 4.74 Å². The Morgan fingerprint density at radius 3 is 2.57 bits per heavy atom. The minimum Gasteiger partial charge on any atom is -0.471 e. The van der Waals surface area contributed by atoms with Crippen molar-refractivity contribution in [1.29, 1.82) is 0 Å². The molecule has 2 aromatic rings. The maximum atomic E-state index is 11.8. The number of amides is 1. The van der Waals surface area contributed by atoms with Crippen LogP contribution in [0.5, 0.6) is 5.75 Å². The van der Waals surface area contributed by atoms with Crippen LogP contribution in [0, 0.1) is 13.8 Å². The molecule has 0 spiro atoms. The van der Waals surface area contributed by atoms with Gasteiger partial charge >= 0.3 is 5.97 Å². The SMILES string of the molecule is COC(=O)CNC(=O)c1ccn(COc2cc(C)cc(C)c2)n1. The minimum atomic E-state index is -0.518. The van der Waals surface area contributed by atoms with E-state index in [0.717, 1.165) is 16.9 Å². The third-order valence-corrected chi connectivity index (χ3v) is 3.05. The van der Waals surface area contributed by atoms with Crippen LogP contribution in [-0.4, -0.2) is 35.3 Å². The van der Waals surface area contributed by atoms with Crippen LogP contribution in [0.3, 0.4) is 0 Å². The maximum Gasteiger partial charge on any atom is 0.325 e. The van der Waals surface area contributed by atoms with Crippen LogP contribution >= 0.6 is 0 Å². The van der Waals surface area contributed by atoms with Gasteiger partial charge in [0.25, 0.3) is 5.91 Å². The molecule has 23 heavy (non-hydrogen) atoms. The van der Waals surface area contributed by atoms with Gasteiger partial charge in [0.05, 0.1) is 7.11 Å². The van der Waals surface area contributed by atoms with Gasteiger partial charge in [0.15, 0.2) is 6.73 Å². The molecule has 122 valence electrons. The van der Waals surface area contributed by atoms with Gasteiger partial charge in [-0.25, -0.2) is 4.68 Å². The van der Waals surface area contributed by atoms with E-state index < -0.39 is 11.9 Å². The zero-order valence-electron chi connectivity index (χ0n) is 13.3. The number of methoxy groups -OCH3 is 1. The molecule has 1 N–H and O–H groups in total. The number of carbonyl (C=O) groups is 2. The molecular weight excluding hydrogens is 298 g/mol. The number of nitrogens with zero attached hydrogens (tertiary/aromatic N) is 2. The smallest absolute Gasteiger partial charge is 0.325 e. The normalized spacial score (nSPS) is 10.2. The Morgan fingerprint density at radius 1 is 1.22 bits per heavy atom. The largest absolute Gasteiger partial charge is 0.471 e. The summed E-state index contributed by atoms with van der Waals surface area (Å²) >= 11 is 0. The molecule has 0 radical (unpaired) electrons. The van der Waals surface area contributed by atoms with Gasteiger partial charge in [0, 0.05) is 6.20 Å². The fraction of sp³-hybridized carbons (Fsp3) is 0.312. The van der Waals surface area contributed by atoms with Crippen LogP contribution in [0.4, 0.5) is 0 Å². The number of aromatic nitrogens is 2. The second-order valence-corrected chi connectivity index (χ2v) is 5.10. The highest BCUT2D eigenvalue weighted by molar-refractivity contribution is 5.94. The van der Waals surface area contributed by atoms with Crippen molar-refractivity contribution < 1.29 is 19.1 Å². The third kappa shape index (κ3) is 4.84. The van der Waals surface area contributed by atoms with Gasteiger partial charge in [-0.05, 0) is 43.2 Å². The number of rotatable bonds is 6. The van der Waals surface area contributed by atoms with E-state index in [2.05, 4.69) is 21.2 Å². The van der Waals surface area contributed by atoms with Crippen molar-refractivity contribution in [2.45, 2.75) is 20.6 Å². The van der Waals surface area contributed by atoms with Crippen molar-refractivity contribution >= 4 is 11.9 Å². The Morgan fingerprint density at radius 2 is 1.91 bits per heavy atom. The zero-order valence-corrected chi connectivity index (χ0v) is 13.3. The quantitative estimate of drug-likeness (QED) is 0.815. The molecule has 0 atom stereocenters. The van der Waals surface area contributed by atoms with Gasteiger partial charge in [-0.1, -0.05) is 6.07 Å². The minimum absolute atomic E-state index is 0.188. The summed E-state index contributed by atoms with van der Waals surface area (Å²) < 4.78 is 11.6. The summed E-state index contributed by atoms with van der Waals surface area (Å²) in [5.41, 5.74) is 2.43. The van der Waals surface area contributed by atoms with Crippen LogP contribution < -0.4 is 10.1 Å². The topological polar surface area (TPSA) is 82.5 Å². The molecule has 0 saturated heterocycles. The molecule has 1 amide bonds. The predicted octanol–water partition coefficient (Wildman–Crippen LogP) is 1.44. The number of benzene rings is 1.